The number of carbonyl (C=O) groups excluding carboxylic acids is 1. The number of Topliss-reactive ketones (excluding diaryl/α,β-unsaturated/α-hetero) is 1. The van der Waals surface area contributed by atoms with Gasteiger partial charge in [0.15, 0.2) is 5.78 Å². The largest absolute Gasteiger partial charge is 0.293 e. The summed E-state index contributed by atoms with van der Waals surface area (Å²) in [5.41, 5.74) is 0.890. The van der Waals surface area contributed by atoms with Crippen LogP contribution in [0.5, 0.6) is 0 Å². The van der Waals surface area contributed by atoms with E-state index in [2.05, 4.69) is 6.07 Å². The Morgan fingerprint density at radius 3 is 2.78 bits per heavy atom. The van der Waals surface area contributed by atoms with Crippen LogP contribution < -0.4 is 0 Å². The second-order valence-electron chi connectivity index (χ2n) is 3.95. The van der Waals surface area contributed by atoms with Gasteiger partial charge in [0.05, 0.1) is 4.88 Å². The van der Waals surface area contributed by atoms with Gasteiger partial charge in [0.2, 0.25) is 0 Å². The lowest BCUT2D eigenvalue weighted by atomic mass is 10.1. The van der Waals surface area contributed by atoms with E-state index < -0.39 is 0 Å². The Kier molecular flexibility index (Phi) is 3.20. The first-order chi connectivity index (χ1) is 8.74. The Hall–Kier alpha value is -1.16. The molecule has 18 heavy (non-hydrogen) atoms. The maximum absolute atomic E-state index is 12.2. The third kappa shape index (κ3) is 2.21. The minimum Gasteiger partial charge on any atom is -0.293 e. The summed E-state index contributed by atoms with van der Waals surface area (Å²) < 4.78 is 2.37. The second-order valence-corrected chi connectivity index (χ2v) is 6.39. The highest BCUT2D eigenvalue weighted by Crippen LogP contribution is 2.31. The van der Waals surface area contributed by atoms with Gasteiger partial charge >= 0.3 is 0 Å². The first kappa shape index (κ1) is 11.9. The lowest BCUT2D eigenvalue weighted by molar-refractivity contribution is 0.0997. The number of halogens is 1. The highest BCUT2D eigenvalue weighted by molar-refractivity contribution is 7.27. The molecule has 0 unspecified atom stereocenters. The highest BCUT2D eigenvalue weighted by atomic mass is 35.5. The Morgan fingerprint density at radius 2 is 2.00 bits per heavy atom. The van der Waals surface area contributed by atoms with E-state index in [0.29, 0.717) is 11.4 Å². The van der Waals surface area contributed by atoms with Gasteiger partial charge in [-0.1, -0.05) is 29.8 Å². The van der Waals surface area contributed by atoms with E-state index in [0.717, 1.165) is 10.4 Å². The van der Waals surface area contributed by atoms with Crippen molar-refractivity contribution >= 4 is 49.5 Å². The molecule has 0 spiro atoms. The fraction of sp³-hybridized carbons (Fsp3) is 0.0714. The van der Waals surface area contributed by atoms with Crippen molar-refractivity contribution < 1.29 is 4.79 Å². The van der Waals surface area contributed by atoms with Crippen LogP contribution >= 0.6 is 34.3 Å². The summed E-state index contributed by atoms with van der Waals surface area (Å²) in [6.45, 7) is 0. The number of hydrogen-bond donors (Lipinski definition) is 0. The van der Waals surface area contributed by atoms with Gasteiger partial charge in [0, 0.05) is 20.8 Å². The molecule has 0 fully saturated rings. The standard InChI is InChI=1S/C14H9ClOS2/c15-10-4-2-1-3-9(10)7-11(16)13-8-14-12(18-13)5-6-17-14/h1-6,8H,7H2. The van der Waals surface area contributed by atoms with Gasteiger partial charge in [-0.25, -0.2) is 0 Å². The average Bonchev–Trinajstić information content (AvgIpc) is 2.92. The van der Waals surface area contributed by atoms with E-state index in [1.54, 1.807) is 22.7 Å². The van der Waals surface area contributed by atoms with Crippen molar-refractivity contribution in [3.8, 4) is 0 Å². The van der Waals surface area contributed by atoms with Crippen LogP contribution in [0.1, 0.15) is 15.2 Å². The van der Waals surface area contributed by atoms with E-state index in [9.17, 15) is 4.79 Å². The molecule has 0 aliphatic heterocycles. The zero-order valence-electron chi connectivity index (χ0n) is 9.35. The molecule has 3 aromatic rings. The molecule has 0 aliphatic carbocycles. The third-order valence-electron chi connectivity index (χ3n) is 2.72. The lowest BCUT2D eigenvalue weighted by Gasteiger charge is -2.01. The monoisotopic (exact) mass is 292 g/mol. The van der Waals surface area contributed by atoms with Gasteiger partial charge in [-0.05, 0) is 29.1 Å². The van der Waals surface area contributed by atoms with Gasteiger partial charge in [0.25, 0.3) is 0 Å². The van der Waals surface area contributed by atoms with Gasteiger partial charge in [-0.15, -0.1) is 22.7 Å². The summed E-state index contributed by atoms with van der Waals surface area (Å²) >= 11 is 9.29. The Morgan fingerprint density at radius 1 is 1.17 bits per heavy atom. The van der Waals surface area contributed by atoms with Crippen LogP contribution in [0.2, 0.25) is 5.02 Å². The van der Waals surface area contributed by atoms with Crippen LogP contribution in [0.4, 0.5) is 0 Å². The Labute approximate surface area is 118 Å². The number of hydrogen-bond acceptors (Lipinski definition) is 3. The molecule has 1 aromatic carbocycles. The smallest absolute Gasteiger partial charge is 0.177 e. The maximum atomic E-state index is 12.2. The minimum atomic E-state index is 0.136. The van der Waals surface area contributed by atoms with Crippen LogP contribution in [0.15, 0.2) is 41.8 Å². The molecule has 3 rings (SSSR count). The highest BCUT2D eigenvalue weighted by Gasteiger charge is 2.13. The molecule has 4 heteroatoms. The quantitative estimate of drug-likeness (QED) is 0.618. The van der Waals surface area contributed by atoms with E-state index in [4.69, 9.17) is 11.6 Å². The van der Waals surface area contributed by atoms with Gasteiger partial charge < -0.3 is 0 Å². The fourth-order valence-electron chi connectivity index (χ4n) is 1.81. The molecule has 0 atom stereocenters. The number of fused-ring (bicyclic) bond motifs is 1. The van der Waals surface area contributed by atoms with Crippen molar-refractivity contribution in [2.75, 3.05) is 0 Å². The molecule has 2 aromatic heterocycles. The van der Waals surface area contributed by atoms with Crippen molar-refractivity contribution in [2.24, 2.45) is 0 Å². The number of carbonyl (C=O) groups is 1. The average molecular weight is 293 g/mol. The number of ketones is 1. The molecule has 0 amide bonds. The zero-order valence-corrected chi connectivity index (χ0v) is 11.7. The summed E-state index contributed by atoms with van der Waals surface area (Å²) in [5, 5.41) is 2.70. The third-order valence-corrected chi connectivity index (χ3v) is 5.23. The lowest BCUT2D eigenvalue weighted by Crippen LogP contribution is -2.01. The van der Waals surface area contributed by atoms with Gasteiger partial charge in [-0.3, -0.25) is 4.79 Å². The normalized spacial score (nSPS) is 10.9. The van der Waals surface area contributed by atoms with Crippen LogP contribution in [0.3, 0.4) is 0 Å². The molecule has 90 valence electrons. The van der Waals surface area contributed by atoms with Crippen LogP contribution in [0, 0.1) is 0 Å². The molecule has 0 saturated carbocycles. The summed E-state index contributed by atoms with van der Waals surface area (Å²) in [4.78, 5) is 13.0. The van der Waals surface area contributed by atoms with Crippen molar-refractivity contribution in [2.45, 2.75) is 6.42 Å². The van der Waals surface area contributed by atoms with E-state index >= 15 is 0 Å². The molecule has 1 nitrogen and oxygen atoms in total. The van der Waals surface area contributed by atoms with Crippen molar-refractivity contribution in [1.82, 2.24) is 0 Å². The molecule has 0 aliphatic rings. The number of rotatable bonds is 3. The molecule has 0 bridgehead atoms. The first-order valence-corrected chi connectivity index (χ1v) is 7.55. The fourth-order valence-corrected chi connectivity index (χ4v) is 4.05. The van der Waals surface area contributed by atoms with Crippen LogP contribution in [-0.4, -0.2) is 5.78 Å². The predicted octanol–water partition coefficient (Wildman–Crippen LogP) is 5.04. The summed E-state index contributed by atoms with van der Waals surface area (Å²) in [6.07, 6.45) is 0.368. The number of benzene rings is 1. The van der Waals surface area contributed by atoms with E-state index in [1.807, 2.05) is 35.7 Å². The van der Waals surface area contributed by atoms with E-state index in [-0.39, 0.29) is 5.78 Å². The Bertz CT molecular complexity index is 683. The summed E-state index contributed by atoms with van der Waals surface area (Å²) in [6, 6.07) is 11.5. The van der Waals surface area contributed by atoms with Crippen LogP contribution in [0.25, 0.3) is 9.40 Å². The maximum Gasteiger partial charge on any atom is 0.177 e. The summed E-state index contributed by atoms with van der Waals surface area (Å²) in [7, 11) is 0. The van der Waals surface area contributed by atoms with Crippen molar-refractivity contribution in [3.05, 3.63) is 57.2 Å². The second kappa shape index (κ2) is 4.84. The number of thiophene rings is 2. The van der Waals surface area contributed by atoms with E-state index in [1.165, 1.54) is 9.40 Å². The minimum absolute atomic E-state index is 0.136. The van der Waals surface area contributed by atoms with Gasteiger partial charge in [0.1, 0.15) is 0 Å². The summed E-state index contributed by atoms with van der Waals surface area (Å²) in [5.74, 6) is 0.136. The topological polar surface area (TPSA) is 17.1 Å². The van der Waals surface area contributed by atoms with Crippen molar-refractivity contribution in [3.63, 3.8) is 0 Å². The predicted molar refractivity (Wildman–Crippen MR) is 79.2 cm³/mol. The SMILES string of the molecule is O=C(Cc1ccccc1Cl)c1cc2sccc2s1. The molecular formula is C14H9ClOS2. The molecule has 0 N–H and O–H groups in total. The molecule has 0 radical (unpaired) electrons. The Balaban J connectivity index is 1.87. The molecule has 0 saturated heterocycles. The molecule has 2 heterocycles. The first-order valence-electron chi connectivity index (χ1n) is 5.47. The zero-order chi connectivity index (χ0) is 12.5. The van der Waals surface area contributed by atoms with Crippen LogP contribution in [-0.2, 0) is 6.42 Å². The van der Waals surface area contributed by atoms with Crippen molar-refractivity contribution in [1.29, 1.82) is 0 Å². The van der Waals surface area contributed by atoms with Gasteiger partial charge in [-0.2, -0.15) is 0 Å². The molecular weight excluding hydrogens is 284 g/mol.